The van der Waals surface area contributed by atoms with Gasteiger partial charge in [-0.15, -0.1) is 0 Å². The number of fused-ring (bicyclic) bond motifs is 3. The van der Waals surface area contributed by atoms with E-state index in [1.807, 2.05) is 19.1 Å². The van der Waals surface area contributed by atoms with Crippen molar-refractivity contribution in [1.29, 1.82) is 0 Å². The highest BCUT2D eigenvalue weighted by Crippen LogP contribution is 2.47. The number of rotatable bonds is 2. The normalized spacial score (nSPS) is 31.6. The van der Waals surface area contributed by atoms with Gasteiger partial charge in [0.05, 0.1) is 24.4 Å². The maximum Gasteiger partial charge on any atom is 0.290 e. The largest absolute Gasteiger partial charge is 0.490 e. The van der Waals surface area contributed by atoms with Crippen LogP contribution in [0.25, 0.3) is 11.3 Å². The average Bonchev–Trinajstić information content (AvgIpc) is 3.30. The van der Waals surface area contributed by atoms with Gasteiger partial charge in [0.1, 0.15) is 29.7 Å². The van der Waals surface area contributed by atoms with Gasteiger partial charge >= 0.3 is 0 Å². The first-order valence-electron chi connectivity index (χ1n) is 11.1. The molecule has 2 N–H and O–H groups in total. The molecule has 10 heteroatoms. The van der Waals surface area contributed by atoms with E-state index in [1.54, 1.807) is 17.9 Å². The lowest BCUT2D eigenvalue weighted by Crippen LogP contribution is -2.59. The van der Waals surface area contributed by atoms with Crippen molar-refractivity contribution in [2.24, 2.45) is 0 Å². The van der Waals surface area contributed by atoms with Crippen molar-refractivity contribution in [2.75, 3.05) is 24.7 Å². The summed E-state index contributed by atoms with van der Waals surface area (Å²) in [5.41, 5.74) is 1.33. The fourth-order valence-corrected chi connectivity index (χ4v) is 5.04. The minimum atomic E-state index is -3.02. The molecule has 3 aliphatic heterocycles. The zero-order valence-electron chi connectivity index (χ0n) is 18.3. The summed E-state index contributed by atoms with van der Waals surface area (Å²) in [5, 5.41) is 12.9. The first-order chi connectivity index (χ1) is 15.7. The van der Waals surface area contributed by atoms with Crippen molar-refractivity contribution in [1.82, 2.24) is 15.3 Å². The van der Waals surface area contributed by atoms with Gasteiger partial charge in [0.15, 0.2) is 0 Å². The number of anilines is 1. The molecule has 174 valence electrons. The zero-order valence-corrected chi connectivity index (χ0v) is 18.3. The number of ether oxygens (including phenoxy) is 2. The third-order valence-corrected chi connectivity index (χ3v) is 7.28. The molecule has 0 radical (unpaired) electrons. The van der Waals surface area contributed by atoms with Gasteiger partial charge in [-0.2, -0.15) is 8.78 Å². The van der Waals surface area contributed by atoms with Crippen LogP contribution in [0, 0.1) is 0 Å². The van der Waals surface area contributed by atoms with E-state index in [9.17, 15) is 18.7 Å². The van der Waals surface area contributed by atoms with Crippen LogP contribution in [0.2, 0.25) is 0 Å². The molecule has 2 fully saturated rings. The second kappa shape index (κ2) is 6.83. The summed E-state index contributed by atoms with van der Waals surface area (Å²) >= 11 is 0. The third kappa shape index (κ3) is 2.96. The van der Waals surface area contributed by atoms with Crippen LogP contribution in [0.1, 0.15) is 37.1 Å². The van der Waals surface area contributed by atoms with Gasteiger partial charge in [0.25, 0.3) is 5.92 Å². The lowest BCUT2D eigenvalue weighted by molar-refractivity contribution is -0.145. The van der Waals surface area contributed by atoms with E-state index >= 15 is 0 Å². The number of nitrogens with one attached hydrogen (secondary N) is 1. The summed E-state index contributed by atoms with van der Waals surface area (Å²) < 4.78 is 40.9. The molecule has 2 aromatic rings. The first kappa shape index (κ1) is 20.7. The minimum Gasteiger partial charge on any atom is -0.490 e. The molecule has 33 heavy (non-hydrogen) atoms. The summed E-state index contributed by atoms with van der Waals surface area (Å²) in [6.45, 7) is 4.34. The van der Waals surface area contributed by atoms with Crippen molar-refractivity contribution in [3.8, 4) is 17.0 Å². The molecule has 1 unspecified atom stereocenters. The number of aliphatic hydroxyl groups is 1. The number of benzene rings is 1. The molecule has 6 rings (SSSR count). The molecule has 4 atom stereocenters. The van der Waals surface area contributed by atoms with Crippen LogP contribution in [-0.4, -0.2) is 59.0 Å². The number of nitrogens with zero attached hydrogens (tertiary/aromatic N) is 3. The van der Waals surface area contributed by atoms with E-state index in [0.717, 1.165) is 5.56 Å². The van der Waals surface area contributed by atoms with Crippen molar-refractivity contribution < 1.29 is 28.2 Å². The van der Waals surface area contributed by atoms with Gasteiger partial charge in [0, 0.05) is 29.7 Å². The van der Waals surface area contributed by atoms with E-state index in [2.05, 4.69) is 15.3 Å². The van der Waals surface area contributed by atoms with Crippen LogP contribution in [-0.2, 0) is 27.4 Å². The highest BCUT2D eigenvalue weighted by atomic mass is 19.3. The number of hydrogen-bond acceptors (Lipinski definition) is 7. The van der Waals surface area contributed by atoms with Crippen LogP contribution < -0.4 is 15.0 Å². The van der Waals surface area contributed by atoms with E-state index in [4.69, 9.17) is 9.47 Å². The molecule has 4 aliphatic rings. The predicted molar refractivity (Wildman–Crippen MR) is 113 cm³/mol. The minimum absolute atomic E-state index is 0.180. The van der Waals surface area contributed by atoms with E-state index in [0.29, 0.717) is 35.7 Å². The fraction of sp³-hybridized carbons (Fsp3) is 0.522. The van der Waals surface area contributed by atoms with Gasteiger partial charge in [0.2, 0.25) is 11.9 Å². The maximum atomic E-state index is 14.7. The smallest absolute Gasteiger partial charge is 0.290 e. The highest BCUT2D eigenvalue weighted by Gasteiger charge is 2.48. The molecule has 1 aromatic carbocycles. The quantitative estimate of drug-likeness (QED) is 0.709. The van der Waals surface area contributed by atoms with E-state index in [1.165, 1.54) is 0 Å². The third-order valence-electron chi connectivity index (χ3n) is 7.28. The van der Waals surface area contributed by atoms with Crippen LogP contribution >= 0.6 is 0 Å². The number of β-amino-alcohol motifs (C(OH)–C–C–N with tert-alkyl or cyclic N) is 1. The molecule has 0 bridgehead atoms. The Balaban J connectivity index is 1.42. The first-order valence-corrected chi connectivity index (χ1v) is 11.1. The number of aliphatic hydroxyl groups excluding tert-OH is 1. The Morgan fingerprint density at radius 2 is 2.06 bits per heavy atom. The monoisotopic (exact) mass is 458 g/mol. The summed E-state index contributed by atoms with van der Waals surface area (Å²) in [7, 11) is 0. The van der Waals surface area contributed by atoms with Gasteiger partial charge in [-0.3, -0.25) is 4.79 Å². The molecule has 2 saturated heterocycles. The topological polar surface area (TPSA) is 96.8 Å². The highest BCUT2D eigenvalue weighted by molar-refractivity contribution is 5.82. The van der Waals surface area contributed by atoms with Gasteiger partial charge in [-0.05, 0) is 26.3 Å². The SMILES string of the molecule is CC1OC[C@]2(COc3cc(-c4nc(N5C[C@@H](O)[C@@H]5C)nc5c4CCC5(F)F)ccc32)NC1=O. The van der Waals surface area contributed by atoms with E-state index < -0.39 is 23.7 Å². The number of halogens is 2. The lowest BCUT2D eigenvalue weighted by atomic mass is 9.90. The number of carbonyl (C=O) groups excluding carboxylic acids is 1. The standard InChI is InChI=1S/C23H24F2N4O4/c1-11-16(30)8-29(11)21-26-18(14-5-6-23(24,25)19(14)27-21)13-3-4-15-17(7-13)33-10-22(15)9-32-12(2)20(31)28-22/h3-4,7,11-12,16,30H,5-6,8-10H2,1-2H3,(H,28,31)/t11-,12?,16+,22+/m0/s1. The number of alkyl halides is 2. The van der Waals surface area contributed by atoms with E-state index in [-0.39, 0.29) is 43.0 Å². The number of carbonyl (C=O) groups is 1. The lowest BCUT2D eigenvalue weighted by Gasteiger charge is -2.43. The van der Waals surface area contributed by atoms with Crippen LogP contribution in [0.5, 0.6) is 5.75 Å². The second-order valence-electron chi connectivity index (χ2n) is 9.39. The summed E-state index contributed by atoms with van der Waals surface area (Å²) in [5.74, 6) is -2.46. The van der Waals surface area contributed by atoms with Crippen LogP contribution in [0.3, 0.4) is 0 Å². The molecule has 1 aliphatic carbocycles. The number of hydrogen-bond donors (Lipinski definition) is 2. The Hall–Kier alpha value is -2.85. The molecule has 1 spiro atoms. The Morgan fingerprint density at radius 3 is 2.79 bits per heavy atom. The Kier molecular flexibility index (Phi) is 4.29. The van der Waals surface area contributed by atoms with Crippen molar-refractivity contribution >= 4 is 11.9 Å². The van der Waals surface area contributed by atoms with Gasteiger partial charge in [-0.1, -0.05) is 12.1 Å². The van der Waals surface area contributed by atoms with Gasteiger partial charge < -0.3 is 24.8 Å². The predicted octanol–water partition coefficient (Wildman–Crippen LogP) is 1.87. The summed E-state index contributed by atoms with van der Waals surface area (Å²) in [6, 6.07) is 5.20. The summed E-state index contributed by atoms with van der Waals surface area (Å²) in [6.07, 6.45) is -1.19. The Bertz CT molecular complexity index is 1180. The Labute approximate surface area is 188 Å². The fourth-order valence-electron chi connectivity index (χ4n) is 5.04. The molecular weight excluding hydrogens is 434 g/mol. The number of aromatic nitrogens is 2. The summed E-state index contributed by atoms with van der Waals surface area (Å²) in [4.78, 5) is 22.8. The van der Waals surface area contributed by atoms with Crippen molar-refractivity contribution in [2.45, 2.75) is 56.4 Å². The zero-order chi connectivity index (χ0) is 23.1. The molecule has 4 heterocycles. The maximum absolute atomic E-state index is 14.7. The van der Waals surface area contributed by atoms with Crippen molar-refractivity contribution in [3.63, 3.8) is 0 Å². The Morgan fingerprint density at radius 1 is 1.24 bits per heavy atom. The second-order valence-corrected chi connectivity index (χ2v) is 9.39. The van der Waals surface area contributed by atoms with Crippen LogP contribution in [0.15, 0.2) is 18.2 Å². The molecular formula is C23H24F2N4O4. The van der Waals surface area contributed by atoms with Crippen LogP contribution in [0.4, 0.5) is 14.7 Å². The number of morpholine rings is 1. The molecule has 0 saturated carbocycles. The van der Waals surface area contributed by atoms with Gasteiger partial charge in [-0.25, -0.2) is 9.97 Å². The molecule has 8 nitrogen and oxygen atoms in total. The molecule has 1 amide bonds. The number of amides is 1. The van der Waals surface area contributed by atoms with Crippen molar-refractivity contribution in [3.05, 3.63) is 35.0 Å². The molecule has 1 aromatic heterocycles. The average molecular weight is 458 g/mol.